The van der Waals surface area contributed by atoms with E-state index in [-0.39, 0.29) is 24.0 Å². The van der Waals surface area contributed by atoms with Gasteiger partial charge in [0.2, 0.25) is 0 Å². The van der Waals surface area contributed by atoms with Gasteiger partial charge in [0, 0.05) is 32.8 Å². The fourth-order valence-corrected chi connectivity index (χ4v) is 4.15. The van der Waals surface area contributed by atoms with E-state index in [1.54, 1.807) is 0 Å². The van der Waals surface area contributed by atoms with Gasteiger partial charge in [0.25, 0.3) is 0 Å². The van der Waals surface area contributed by atoms with Crippen molar-refractivity contribution < 1.29 is 4.74 Å². The molecule has 0 radical (unpaired) electrons. The smallest absolute Gasteiger partial charge is 0.194 e. The minimum Gasteiger partial charge on any atom is -0.378 e. The number of aromatic nitrogens is 2. The maximum atomic E-state index is 5.78. The number of piperidine rings is 1. The van der Waals surface area contributed by atoms with Crippen LogP contribution < -0.4 is 5.32 Å². The van der Waals surface area contributed by atoms with E-state index in [1.165, 1.54) is 16.6 Å². The summed E-state index contributed by atoms with van der Waals surface area (Å²) in [6.45, 7) is 9.36. The molecule has 0 unspecified atom stereocenters. The molecular weight excluding hydrogens is 513 g/mol. The van der Waals surface area contributed by atoms with E-state index in [0.717, 1.165) is 57.1 Å². The summed E-state index contributed by atoms with van der Waals surface area (Å²) in [4.78, 5) is 11.7. The zero-order valence-corrected chi connectivity index (χ0v) is 21.4. The van der Waals surface area contributed by atoms with Gasteiger partial charge < -0.3 is 19.5 Å². The largest absolute Gasteiger partial charge is 0.378 e. The van der Waals surface area contributed by atoms with Crippen molar-refractivity contribution in [1.82, 2.24) is 19.8 Å². The Kier molecular flexibility index (Phi) is 9.35. The molecule has 7 heteroatoms. The fourth-order valence-electron chi connectivity index (χ4n) is 4.15. The van der Waals surface area contributed by atoms with Crippen LogP contribution >= 0.6 is 24.0 Å². The minimum atomic E-state index is 0. The Morgan fingerprint density at radius 2 is 1.78 bits per heavy atom. The monoisotopic (exact) mass is 547 g/mol. The van der Waals surface area contributed by atoms with Crippen LogP contribution in [-0.4, -0.2) is 52.8 Å². The first-order valence-corrected chi connectivity index (χ1v) is 11.4. The zero-order valence-electron chi connectivity index (χ0n) is 19.0. The van der Waals surface area contributed by atoms with Crippen LogP contribution in [0.3, 0.4) is 0 Å². The molecule has 0 saturated carbocycles. The predicted octanol–water partition coefficient (Wildman–Crippen LogP) is 4.67. The second-order valence-electron chi connectivity index (χ2n) is 7.99. The molecule has 32 heavy (non-hydrogen) atoms. The molecule has 2 heterocycles. The first-order chi connectivity index (χ1) is 15.3. The lowest BCUT2D eigenvalue weighted by molar-refractivity contribution is 0.0263. The third-order valence-corrected chi connectivity index (χ3v) is 5.79. The van der Waals surface area contributed by atoms with Gasteiger partial charge in [-0.05, 0) is 49.9 Å². The Balaban J connectivity index is 0.00000289. The van der Waals surface area contributed by atoms with Crippen LogP contribution in [0.25, 0.3) is 11.0 Å². The van der Waals surface area contributed by atoms with Crippen LogP contribution in [0.15, 0.2) is 59.9 Å². The number of likely N-dealkylation sites (tertiary alicyclic amines) is 1. The van der Waals surface area contributed by atoms with Crippen molar-refractivity contribution in [3.63, 3.8) is 0 Å². The van der Waals surface area contributed by atoms with Gasteiger partial charge in [-0.25, -0.2) is 9.98 Å². The van der Waals surface area contributed by atoms with Crippen molar-refractivity contribution in [2.24, 2.45) is 4.99 Å². The number of guanidine groups is 1. The number of imidazole rings is 1. The number of nitrogens with one attached hydrogen (secondary N) is 1. The number of halogens is 1. The molecule has 0 amide bonds. The van der Waals surface area contributed by atoms with E-state index in [1.807, 2.05) is 18.5 Å². The van der Waals surface area contributed by atoms with Crippen LogP contribution in [-0.2, 0) is 17.8 Å². The van der Waals surface area contributed by atoms with Crippen LogP contribution in [0.1, 0.15) is 37.8 Å². The average molecular weight is 547 g/mol. The number of aliphatic imine (C=N–C) groups is 1. The molecule has 0 bridgehead atoms. The Hall–Kier alpha value is -2.13. The van der Waals surface area contributed by atoms with Gasteiger partial charge >= 0.3 is 0 Å². The summed E-state index contributed by atoms with van der Waals surface area (Å²) in [5, 5.41) is 3.45. The van der Waals surface area contributed by atoms with E-state index < -0.39 is 0 Å². The molecular formula is C25H34IN5O. The van der Waals surface area contributed by atoms with E-state index >= 15 is 0 Å². The van der Waals surface area contributed by atoms with E-state index in [4.69, 9.17) is 9.73 Å². The number of nitrogens with zero attached hydrogens (tertiary/aromatic N) is 4. The van der Waals surface area contributed by atoms with Crippen molar-refractivity contribution in [1.29, 1.82) is 0 Å². The first kappa shape index (κ1) is 24.5. The third-order valence-electron chi connectivity index (χ3n) is 5.79. The van der Waals surface area contributed by atoms with E-state index in [0.29, 0.717) is 12.6 Å². The standard InChI is InChI=1S/C25H33N5O.HI/c1-3-26-25(29-15-13-22(14-16-29)31-4-2)27-17-20-9-11-21(12-10-20)18-30-19-28-23-7-5-6-8-24(23)30;/h5-12,19,22H,3-4,13-18H2,1-2H3,(H,26,27);1H. The average Bonchev–Trinajstić information content (AvgIpc) is 3.21. The van der Waals surface area contributed by atoms with Gasteiger partial charge in [-0.1, -0.05) is 36.4 Å². The molecule has 6 nitrogen and oxygen atoms in total. The number of rotatable bonds is 7. The lowest BCUT2D eigenvalue weighted by Crippen LogP contribution is -2.47. The molecule has 1 aromatic heterocycles. The Labute approximate surface area is 208 Å². The van der Waals surface area contributed by atoms with Crippen molar-refractivity contribution in [2.45, 2.75) is 45.9 Å². The van der Waals surface area contributed by atoms with Crippen molar-refractivity contribution in [3.05, 3.63) is 66.0 Å². The molecule has 1 aliphatic rings. The maximum absolute atomic E-state index is 5.78. The van der Waals surface area contributed by atoms with E-state index in [2.05, 4.69) is 70.0 Å². The molecule has 4 rings (SSSR count). The molecule has 1 saturated heterocycles. The highest BCUT2D eigenvalue weighted by molar-refractivity contribution is 14.0. The van der Waals surface area contributed by atoms with Gasteiger partial charge in [-0.15, -0.1) is 24.0 Å². The highest BCUT2D eigenvalue weighted by Gasteiger charge is 2.21. The molecule has 3 aromatic rings. The van der Waals surface area contributed by atoms with Crippen molar-refractivity contribution in [3.8, 4) is 0 Å². The van der Waals surface area contributed by atoms with Gasteiger partial charge in [-0.2, -0.15) is 0 Å². The maximum Gasteiger partial charge on any atom is 0.194 e. The van der Waals surface area contributed by atoms with E-state index in [9.17, 15) is 0 Å². The first-order valence-electron chi connectivity index (χ1n) is 11.4. The summed E-state index contributed by atoms with van der Waals surface area (Å²) in [5.74, 6) is 1.01. The summed E-state index contributed by atoms with van der Waals surface area (Å²) in [6, 6.07) is 17.0. The Bertz CT molecular complexity index is 993. The molecule has 1 fully saturated rings. The summed E-state index contributed by atoms with van der Waals surface area (Å²) in [6.07, 6.45) is 4.44. The summed E-state index contributed by atoms with van der Waals surface area (Å²) in [5.41, 5.74) is 4.69. The second-order valence-corrected chi connectivity index (χ2v) is 7.99. The highest BCUT2D eigenvalue weighted by Crippen LogP contribution is 2.16. The number of benzene rings is 2. The Morgan fingerprint density at radius 1 is 1.06 bits per heavy atom. The summed E-state index contributed by atoms with van der Waals surface area (Å²) >= 11 is 0. The Morgan fingerprint density at radius 3 is 2.50 bits per heavy atom. The van der Waals surface area contributed by atoms with Crippen molar-refractivity contribution >= 4 is 41.0 Å². The molecule has 1 aliphatic heterocycles. The molecule has 0 aliphatic carbocycles. The number of ether oxygens (including phenoxy) is 1. The number of para-hydroxylation sites is 2. The number of fused-ring (bicyclic) bond motifs is 1. The second kappa shape index (κ2) is 12.2. The highest BCUT2D eigenvalue weighted by atomic mass is 127. The molecule has 2 aromatic carbocycles. The molecule has 1 N–H and O–H groups in total. The quantitative estimate of drug-likeness (QED) is 0.266. The lowest BCUT2D eigenvalue weighted by atomic mass is 10.1. The SMILES string of the molecule is CCNC(=NCc1ccc(Cn2cnc3ccccc32)cc1)N1CCC(OCC)CC1.I. The summed E-state index contributed by atoms with van der Waals surface area (Å²) < 4.78 is 7.97. The van der Waals surface area contributed by atoms with Crippen LogP contribution in [0.4, 0.5) is 0 Å². The number of hydrogen-bond acceptors (Lipinski definition) is 3. The van der Waals surface area contributed by atoms with Gasteiger partial charge in [0.15, 0.2) is 5.96 Å². The van der Waals surface area contributed by atoms with Crippen LogP contribution in [0.5, 0.6) is 0 Å². The van der Waals surface area contributed by atoms with Gasteiger partial charge in [0.05, 0.1) is 30.0 Å². The summed E-state index contributed by atoms with van der Waals surface area (Å²) in [7, 11) is 0. The minimum absolute atomic E-state index is 0. The normalized spacial score (nSPS) is 15.1. The molecule has 0 atom stereocenters. The van der Waals surface area contributed by atoms with Gasteiger partial charge in [0.1, 0.15) is 0 Å². The topological polar surface area (TPSA) is 54.7 Å². The molecule has 172 valence electrons. The number of hydrogen-bond donors (Lipinski definition) is 1. The van der Waals surface area contributed by atoms with Crippen LogP contribution in [0.2, 0.25) is 0 Å². The molecule has 0 spiro atoms. The predicted molar refractivity (Wildman–Crippen MR) is 142 cm³/mol. The van der Waals surface area contributed by atoms with Crippen LogP contribution in [0, 0.1) is 0 Å². The fraction of sp³-hybridized carbons (Fsp3) is 0.440. The van der Waals surface area contributed by atoms with Crippen molar-refractivity contribution in [2.75, 3.05) is 26.2 Å². The van der Waals surface area contributed by atoms with Gasteiger partial charge in [-0.3, -0.25) is 0 Å². The lowest BCUT2D eigenvalue weighted by Gasteiger charge is -2.34. The zero-order chi connectivity index (χ0) is 21.5. The third kappa shape index (κ3) is 6.22.